The van der Waals surface area contributed by atoms with Crippen molar-refractivity contribution in [3.05, 3.63) is 89.1 Å². The van der Waals surface area contributed by atoms with Crippen LogP contribution in [0.3, 0.4) is 0 Å². The molecule has 0 unspecified atom stereocenters. The van der Waals surface area contributed by atoms with Crippen molar-refractivity contribution >= 4 is 16.8 Å². The van der Waals surface area contributed by atoms with E-state index in [1.54, 1.807) is 32.4 Å². The fourth-order valence-corrected chi connectivity index (χ4v) is 4.88. The summed E-state index contributed by atoms with van der Waals surface area (Å²) in [5, 5.41) is 1.21. The molecule has 0 saturated heterocycles. The number of aromatic nitrogens is 1. The van der Waals surface area contributed by atoms with Gasteiger partial charge < -0.3 is 24.1 Å². The van der Waals surface area contributed by atoms with Crippen LogP contribution >= 0.6 is 0 Å². The Hall–Kier alpha value is -3.93. The fourth-order valence-electron chi connectivity index (χ4n) is 4.88. The Balaban J connectivity index is 1.63. The van der Waals surface area contributed by atoms with Crippen LogP contribution in [0.1, 0.15) is 40.1 Å². The van der Waals surface area contributed by atoms with Crippen LogP contribution in [0.2, 0.25) is 0 Å². The van der Waals surface area contributed by atoms with Crippen molar-refractivity contribution in [3.8, 4) is 17.2 Å². The summed E-state index contributed by atoms with van der Waals surface area (Å²) < 4.78 is 16.6. The van der Waals surface area contributed by atoms with Gasteiger partial charge >= 0.3 is 0 Å². The topological polar surface area (TPSA) is 63.8 Å². The van der Waals surface area contributed by atoms with Crippen LogP contribution in [0, 0.1) is 0 Å². The summed E-state index contributed by atoms with van der Waals surface area (Å²) in [7, 11) is 3.16. The Morgan fingerprint density at radius 3 is 2.62 bits per heavy atom. The van der Waals surface area contributed by atoms with E-state index in [0.717, 1.165) is 28.9 Å². The van der Waals surface area contributed by atoms with Gasteiger partial charge in [0.15, 0.2) is 11.5 Å². The lowest BCUT2D eigenvalue weighted by molar-refractivity contribution is 0.0691. The normalized spacial score (nSPS) is 15.1. The lowest BCUT2D eigenvalue weighted by Crippen LogP contribution is -2.40. The zero-order chi connectivity index (χ0) is 23.7. The van der Waals surface area contributed by atoms with E-state index in [2.05, 4.69) is 29.2 Å². The molecule has 6 nitrogen and oxygen atoms in total. The quantitative estimate of drug-likeness (QED) is 0.424. The Labute approximate surface area is 199 Å². The van der Waals surface area contributed by atoms with Crippen molar-refractivity contribution in [1.29, 1.82) is 0 Å². The third-order valence-electron chi connectivity index (χ3n) is 6.41. The highest BCUT2D eigenvalue weighted by molar-refractivity contribution is 5.96. The molecule has 4 aromatic rings. The zero-order valence-corrected chi connectivity index (χ0v) is 19.6. The number of nitrogens with one attached hydrogen (secondary N) is 1. The van der Waals surface area contributed by atoms with Crippen molar-refractivity contribution in [3.63, 3.8) is 0 Å². The molecular weight excluding hydrogens is 428 g/mol. The first-order chi connectivity index (χ1) is 16.6. The van der Waals surface area contributed by atoms with Crippen LogP contribution < -0.4 is 14.2 Å². The van der Waals surface area contributed by atoms with Gasteiger partial charge in [-0.15, -0.1) is 0 Å². The molecular formula is C28H28N2O4. The molecule has 5 rings (SSSR count). The van der Waals surface area contributed by atoms with Crippen LogP contribution in [-0.4, -0.2) is 43.2 Å². The molecule has 0 radical (unpaired) electrons. The summed E-state index contributed by atoms with van der Waals surface area (Å²) in [6, 6.07) is 21.4. The first-order valence-corrected chi connectivity index (χ1v) is 11.5. The van der Waals surface area contributed by atoms with E-state index in [1.165, 1.54) is 10.9 Å². The zero-order valence-electron chi connectivity index (χ0n) is 19.6. The molecule has 1 N–H and O–H groups in total. The van der Waals surface area contributed by atoms with Crippen LogP contribution in [0.5, 0.6) is 17.2 Å². The summed E-state index contributed by atoms with van der Waals surface area (Å²) >= 11 is 0. The SMILES string of the molecule is CCOc1cccc([C@@H]2c3[nH]c4ccccc4c3CCN2C(=O)c2ccc(OC)c(OC)c2)c1. The molecule has 0 aliphatic carbocycles. The third kappa shape index (κ3) is 3.75. The minimum atomic E-state index is -0.267. The highest BCUT2D eigenvalue weighted by atomic mass is 16.5. The standard InChI is InChI=1S/C28H28N2O4/c1-4-34-20-9-7-8-18(16-20)27-26-22(21-10-5-6-11-23(21)29-26)14-15-30(27)28(31)19-12-13-24(32-2)25(17-19)33-3/h5-13,16-17,27,29H,4,14-15H2,1-3H3/t27-/m1/s1. The summed E-state index contributed by atoms with van der Waals surface area (Å²) in [5.74, 6) is 1.86. The highest BCUT2D eigenvalue weighted by Gasteiger charge is 2.35. The van der Waals surface area contributed by atoms with Gasteiger partial charge in [-0.05, 0) is 60.9 Å². The van der Waals surface area contributed by atoms with Crippen molar-refractivity contribution in [2.75, 3.05) is 27.4 Å². The molecule has 6 heteroatoms. The predicted molar refractivity (Wildman–Crippen MR) is 132 cm³/mol. The number of aromatic amines is 1. The number of hydrogen-bond donors (Lipinski definition) is 1. The number of methoxy groups -OCH3 is 2. The van der Waals surface area contributed by atoms with E-state index in [0.29, 0.717) is 30.2 Å². The molecule has 1 aliphatic rings. The number of para-hydroxylation sites is 1. The largest absolute Gasteiger partial charge is 0.494 e. The molecule has 0 fully saturated rings. The second kappa shape index (κ2) is 9.14. The van der Waals surface area contributed by atoms with E-state index >= 15 is 0 Å². The van der Waals surface area contributed by atoms with E-state index in [-0.39, 0.29) is 11.9 Å². The average molecular weight is 457 g/mol. The minimum Gasteiger partial charge on any atom is -0.494 e. The second-order valence-electron chi connectivity index (χ2n) is 8.29. The van der Waals surface area contributed by atoms with Crippen LogP contribution in [0.4, 0.5) is 0 Å². The van der Waals surface area contributed by atoms with E-state index < -0.39 is 0 Å². The number of fused-ring (bicyclic) bond motifs is 3. The first-order valence-electron chi connectivity index (χ1n) is 11.5. The number of hydrogen-bond acceptors (Lipinski definition) is 4. The molecule has 174 valence electrons. The number of nitrogens with zero attached hydrogens (tertiary/aromatic N) is 1. The Bertz CT molecular complexity index is 1340. The van der Waals surface area contributed by atoms with Crippen LogP contribution in [-0.2, 0) is 6.42 Å². The number of amides is 1. The van der Waals surface area contributed by atoms with Gasteiger partial charge in [-0.1, -0.05) is 30.3 Å². The maximum absolute atomic E-state index is 13.9. The number of carbonyl (C=O) groups is 1. The first kappa shape index (κ1) is 21.9. The highest BCUT2D eigenvalue weighted by Crippen LogP contribution is 2.40. The van der Waals surface area contributed by atoms with Gasteiger partial charge in [0, 0.05) is 28.7 Å². The molecule has 1 amide bonds. The third-order valence-corrected chi connectivity index (χ3v) is 6.41. The van der Waals surface area contributed by atoms with Crippen molar-refractivity contribution in [2.24, 2.45) is 0 Å². The van der Waals surface area contributed by atoms with Crippen LogP contribution in [0.15, 0.2) is 66.7 Å². The molecule has 1 aromatic heterocycles. The van der Waals surface area contributed by atoms with Gasteiger partial charge in [0.1, 0.15) is 5.75 Å². The molecule has 34 heavy (non-hydrogen) atoms. The molecule has 0 saturated carbocycles. The number of rotatable bonds is 6. The fraction of sp³-hybridized carbons (Fsp3) is 0.250. The lowest BCUT2D eigenvalue weighted by Gasteiger charge is -2.36. The molecule has 1 aliphatic heterocycles. The molecule has 1 atom stereocenters. The van der Waals surface area contributed by atoms with Gasteiger partial charge in [0.05, 0.1) is 26.9 Å². The van der Waals surface area contributed by atoms with Gasteiger partial charge in [0.25, 0.3) is 5.91 Å². The van der Waals surface area contributed by atoms with Gasteiger partial charge in [-0.25, -0.2) is 0 Å². The van der Waals surface area contributed by atoms with Crippen molar-refractivity contribution in [2.45, 2.75) is 19.4 Å². The second-order valence-corrected chi connectivity index (χ2v) is 8.29. The van der Waals surface area contributed by atoms with Gasteiger partial charge in [0.2, 0.25) is 0 Å². The summed E-state index contributed by atoms with van der Waals surface area (Å²) in [6.45, 7) is 3.15. The van der Waals surface area contributed by atoms with Crippen molar-refractivity contribution < 1.29 is 19.0 Å². The number of carbonyl (C=O) groups excluding carboxylic acids is 1. The van der Waals surface area contributed by atoms with E-state index in [9.17, 15) is 4.79 Å². The Kier molecular flexibility index (Phi) is 5.88. The number of ether oxygens (including phenoxy) is 3. The maximum atomic E-state index is 13.9. The van der Waals surface area contributed by atoms with Crippen LogP contribution in [0.25, 0.3) is 10.9 Å². The molecule has 0 bridgehead atoms. The van der Waals surface area contributed by atoms with Gasteiger partial charge in [-0.3, -0.25) is 4.79 Å². The molecule has 0 spiro atoms. The Morgan fingerprint density at radius 1 is 1.00 bits per heavy atom. The average Bonchev–Trinajstić information content (AvgIpc) is 3.26. The predicted octanol–water partition coefficient (Wildman–Crippen LogP) is 5.37. The maximum Gasteiger partial charge on any atom is 0.254 e. The molecule has 2 heterocycles. The lowest BCUT2D eigenvalue weighted by atomic mass is 9.91. The summed E-state index contributed by atoms with van der Waals surface area (Å²) in [4.78, 5) is 19.4. The summed E-state index contributed by atoms with van der Waals surface area (Å²) in [6.07, 6.45) is 0.778. The van der Waals surface area contributed by atoms with E-state index in [4.69, 9.17) is 14.2 Å². The smallest absolute Gasteiger partial charge is 0.254 e. The minimum absolute atomic E-state index is 0.0583. The van der Waals surface area contributed by atoms with Crippen molar-refractivity contribution in [1.82, 2.24) is 9.88 Å². The summed E-state index contributed by atoms with van der Waals surface area (Å²) in [5.41, 5.74) is 4.96. The Morgan fingerprint density at radius 2 is 1.82 bits per heavy atom. The van der Waals surface area contributed by atoms with E-state index in [1.807, 2.05) is 36.1 Å². The van der Waals surface area contributed by atoms with Gasteiger partial charge in [-0.2, -0.15) is 0 Å². The number of H-pyrrole nitrogens is 1. The monoisotopic (exact) mass is 456 g/mol. The molecule has 3 aromatic carbocycles. The number of benzene rings is 3.